The van der Waals surface area contributed by atoms with Crippen LogP contribution in [0, 0.1) is 0 Å². The first-order valence-electron chi connectivity index (χ1n) is 5.39. The second-order valence-corrected chi connectivity index (χ2v) is 6.85. The van der Waals surface area contributed by atoms with Gasteiger partial charge < -0.3 is 5.14 Å². The summed E-state index contributed by atoms with van der Waals surface area (Å²) in [7, 11) is -7.20. The summed E-state index contributed by atoms with van der Waals surface area (Å²) in [6, 6.07) is 0. The van der Waals surface area contributed by atoms with Crippen LogP contribution in [-0.2, 0) is 19.5 Å². The molecule has 0 aromatic rings. The number of nitrogens with one attached hydrogen (secondary N) is 1. The zero-order valence-electron chi connectivity index (χ0n) is 12.7. The molecule has 0 aromatic heterocycles. The molecule has 5 nitrogen and oxygen atoms in total. The van der Waals surface area contributed by atoms with Gasteiger partial charge in [-0.05, 0) is 23.2 Å². The van der Waals surface area contributed by atoms with E-state index in [4.69, 9.17) is 5.14 Å². The molecule has 0 fully saturated rings. The molecular formula is C7HCl2F13NNaO4S. The van der Waals surface area contributed by atoms with Crippen LogP contribution < -0.4 is 29.6 Å². The molecule has 22 heteroatoms. The number of hydrogen-bond acceptors (Lipinski definition) is 4. The summed E-state index contributed by atoms with van der Waals surface area (Å²) >= 11 is 7.63. The van der Waals surface area contributed by atoms with Crippen molar-refractivity contribution >= 4 is 33.2 Å². The molecule has 2 atom stereocenters. The van der Waals surface area contributed by atoms with E-state index in [0.29, 0.717) is 0 Å². The minimum absolute atomic E-state index is 0. The fourth-order valence-corrected chi connectivity index (χ4v) is 1.45. The second-order valence-electron chi connectivity index (χ2n) is 4.37. The van der Waals surface area contributed by atoms with Crippen LogP contribution in [0.25, 0.3) is 5.14 Å². The molecule has 0 spiro atoms. The third-order valence-corrected chi connectivity index (χ3v) is 3.84. The first-order valence-corrected chi connectivity index (χ1v) is 7.63. The molecule has 0 heterocycles. The predicted octanol–water partition coefficient (Wildman–Crippen LogP) is 2.11. The summed E-state index contributed by atoms with van der Waals surface area (Å²) in [5, 5.41) is -13.3. The molecule has 0 bridgehead atoms. The smallest absolute Gasteiger partial charge is 0.559 e. The Morgan fingerprint density at radius 2 is 1.03 bits per heavy atom. The van der Waals surface area contributed by atoms with Crippen LogP contribution in [-0.4, -0.2) is 48.6 Å². The Kier molecular flexibility index (Phi) is 9.23. The van der Waals surface area contributed by atoms with Crippen molar-refractivity contribution in [1.29, 1.82) is 0 Å². The van der Waals surface area contributed by atoms with E-state index in [9.17, 15) is 65.5 Å². The van der Waals surface area contributed by atoms with Gasteiger partial charge in [-0.1, -0.05) is 0 Å². The maximum Gasteiger partial charge on any atom is 1.00 e. The average molecular weight is 536 g/mol. The van der Waals surface area contributed by atoms with Gasteiger partial charge in [0.25, 0.3) is 0 Å². The van der Waals surface area contributed by atoms with Gasteiger partial charge in [0.05, 0.1) is 0 Å². The number of halogens is 15. The third kappa shape index (κ3) is 6.05. The fraction of sp³-hybridized carbons (Fsp3) is 1.00. The molecule has 0 saturated carbocycles. The van der Waals surface area contributed by atoms with Crippen molar-refractivity contribution in [1.82, 2.24) is 0 Å². The standard InChI is InChI=1S/C7HCl2F13NO4S.Na/c8-2(11,12)3(9,13)27-5(17,18)1(10,4(14,15)16)26-6(19,20)7(21,22)28(23,24)25;/h(H-,23,24,25);/q-1;+1. The van der Waals surface area contributed by atoms with Crippen molar-refractivity contribution in [3.05, 3.63) is 5.14 Å². The number of ether oxygens (including phenoxy) is 2. The quantitative estimate of drug-likeness (QED) is 0.271. The molecule has 0 rings (SSSR count). The fourth-order valence-electron chi connectivity index (χ4n) is 0.959. The molecule has 0 aliphatic rings. The van der Waals surface area contributed by atoms with Crippen LogP contribution >= 0.6 is 23.2 Å². The minimum atomic E-state index is -7.63. The van der Waals surface area contributed by atoms with Crippen molar-refractivity contribution < 1.29 is 105 Å². The van der Waals surface area contributed by atoms with Crippen LogP contribution in [0.5, 0.6) is 0 Å². The monoisotopic (exact) mass is 535 g/mol. The van der Waals surface area contributed by atoms with Crippen molar-refractivity contribution in [2.45, 2.75) is 40.2 Å². The first-order chi connectivity index (χ1) is 11.7. The largest absolute Gasteiger partial charge is 1.00 e. The average Bonchev–Trinajstić information content (AvgIpc) is 2.31. The molecule has 0 aliphatic carbocycles. The van der Waals surface area contributed by atoms with Gasteiger partial charge in [0, 0.05) is 0 Å². The number of sulfonamides is 1. The zero-order chi connectivity index (χ0) is 23.4. The first kappa shape index (κ1) is 31.7. The number of hydrogen-bond donors (Lipinski definition) is 0. The maximum atomic E-state index is 13.6. The molecule has 2 unspecified atom stereocenters. The summed E-state index contributed by atoms with van der Waals surface area (Å²) in [6.45, 7) is 0. The summed E-state index contributed by atoms with van der Waals surface area (Å²) in [4.78, 5) is 0. The van der Waals surface area contributed by atoms with Crippen LogP contribution in [0.2, 0.25) is 0 Å². The van der Waals surface area contributed by atoms with E-state index in [1.165, 1.54) is 0 Å². The van der Waals surface area contributed by atoms with E-state index in [0.717, 1.165) is 0 Å². The Hall–Kier alpha value is 0.500. The Morgan fingerprint density at radius 3 is 1.28 bits per heavy atom. The second kappa shape index (κ2) is 8.45. The van der Waals surface area contributed by atoms with E-state index < -0.39 is 50.2 Å². The number of alkyl halides is 15. The van der Waals surface area contributed by atoms with Crippen molar-refractivity contribution in [3.63, 3.8) is 0 Å². The molecule has 0 aromatic carbocycles. The van der Waals surface area contributed by atoms with E-state index in [1.807, 2.05) is 4.74 Å². The topological polar surface area (TPSA) is 76.4 Å². The van der Waals surface area contributed by atoms with Crippen molar-refractivity contribution in [2.75, 3.05) is 0 Å². The van der Waals surface area contributed by atoms with E-state index >= 15 is 0 Å². The van der Waals surface area contributed by atoms with Crippen LogP contribution in [0.1, 0.15) is 0 Å². The Bertz CT molecular complexity index is 696. The SMILES string of the molecule is [NH-]S(=O)(=O)C(F)(F)C(F)(F)OC(F)(C(F)(F)F)C(F)(F)OC(F)(Cl)C(F)(F)Cl.[Na+]. The van der Waals surface area contributed by atoms with Gasteiger partial charge in [0.2, 0.25) is 0 Å². The minimum Gasteiger partial charge on any atom is -0.559 e. The van der Waals surface area contributed by atoms with Gasteiger partial charge >= 0.3 is 69.8 Å². The van der Waals surface area contributed by atoms with Crippen LogP contribution in [0.15, 0.2) is 0 Å². The Balaban J connectivity index is 0. The Morgan fingerprint density at radius 1 is 0.690 bits per heavy atom. The van der Waals surface area contributed by atoms with Crippen LogP contribution in [0.3, 0.4) is 0 Å². The van der Waals surface area contributed by atoms with Gasteiger partial charge in [-0.15, -0.1) is 0 Å². The molecule has 0 aliphatic heterocycles. The number of rotatable bonds is 8. The van der Waals surface area contributed by atoms with E-state index in [1.54, 1.807) is 4.74 Å². The summed E-state index contributed by atoms with van der Waals surface area (Å²) in [5.41, 5.74) is 0. The summed E-state index contributed by atoms with van der Waals surface area (Å²) < 4.78 is 191. The molecule has 0 radical (unpaired) electrons. The predicted molar refractivity (Wildman–Crippen MR) is 60.6 cm³/mol. The van der Waals surface area contributed by atoms with Gasteiger partial charge in [-0.2, -0.15) is 57.1 Å². The summed E-state index contributed by atoms with van der Waals surface area (Å²) in [5.74, 6) is -7.63. The van der Waals surface area contributed by atoms with Gasteiger partial charge in [0.15, 0.2) is 0 Å². The molecule has 170 valence electrons. The molecular weight excluding hydrogens is 535 g/mol. The van der Waals surface area contributed by atoms with Gasteiger partial charge in [0.1, 0.15) is 10.0 Å². The van der Waals surface area contributed by atoms with Gasteiger partial charge in [-0.25, -0.2) is 8.42 Å². The van der Waals surface area contributed by atoms with Crippen molar-refractivity contribution in [3.8, 4) is 0 Å². The molecule has 29 heavy (non-hydrogen) atoms. The zero-order valence-corrected chi connectivity index (χ0v) is 17.0. The molecule has 1 N–H and O–H groups in total. The maximum absolute atomic E-state index is 13.6. The normalized spacial score (nSPS) is 19.2. The van der Waals surface area contributed by atoms with E-state index in [2.05, 4.69) is 23.2 Å². The van der Waals surface area contributed by atoms with Crippen molar-refractivity contribution in [2.24, 2.45) is 0 Å². The van der Waals surface area contributed by atoms with E-state index in [-0.39, 0.29) is 29.6 Å². The Labute approximate surface area is 182 Å². The van der Waals surface area contributed by atoms with Gasteiger partial charge in [-0.3, -0.25) is 9.47 Å². The molecule has 0 saturated heterocycles. The molecule has 0 amide bonds. The summed E-state index contributed by atoms with van der Waals surface area (Å²) in [6.07, 6.45) is -22.5. The third-order valence-electron chi connectivity index (χ3n) is 2.27. The van der Waals surface area contributed by atoms with Crippen LogP contribution in [0.4, 0.5) is 57.1 Å².